The van der Waals surface area contributed by atoms with Crippen LogP contribution in [0.4, 0.5) is 17.1 Å². The smallest absolute Gasteiger partial charge is 0.164 e. The molecule has 0 bridgehead atoms. The molecular formula is C39H26N4S. The third-order valence-corrected chi connectivity index (χ3v) is 10.5. The molecule has 0 atom stereocenters. The van der Waals surface area contributed by atoms with Crippen molar-refractivity contribution in [2.24, 2.45) is 0 Å². The van der Waals surface area contributed by atoms with E-state index >= 15 is 0 Å². The number of rotatable bonds is 2. The zero-order valence-corrected chi connectivity index (χ0v) is 25.1. The minimum Gasteiger partial charge on any atom is -0.308 e. The predicted molar refractivity (Wildman–Crippen MR) is 183 cm³/mol. The fourth-order valence-corrected chi connectivity index (χ4v) is 8.49. The van der Waals surface area contributed by atoms with Crippen molar-refractivity contribution in [3.05, 3.63) is 138 Å². The number of aromatic nitrogens is 2. The summed E-state index contributed by atoms with van der Waals surface area (Å²) in [7, 11) is 0. The zero-order chi connectivity index (χ0) is 29.6. The van der Waals surface area contributed by atoms with Gasteiger partial charge in [0, 0.05) is 31.7 Å². The highest BCUT2D eigenvalue weighted by atomic mass is 32.1. The number of anilines is 3. The van der Waals surface area contributed by atoms with Gasteiger partial charge in [-0.15, -0.1) is 11.3 Å². The van der Waals surface area contributed by atoms with Crippen molar-refractivity contribution in [1.29, 1.82) is 5.26 Å². The zero-order valence-electron chi connectivity index (χ0n) is 24.2. The van der Waals surface area contributed by atoms with Gasteiger partial charge in [0.05, 0.1) is 44.7 Å². The maximum Gasteiger partial charge on any atom is 0.164 e. The van der Waals surface area contributed by atoms with Crippen molar-refractivity contribution in [1.82, 2.24) is 9.55 Å². The van der Waals surface area contributed by atoms with Crippen molar-refractivity contribution in [3.63, 3.8) is 0 Å². The van der Waals surface area contributed by atoms with E-state index < -0.39 is 0 Å². The molecule has 0 saturated carbocycles. The highest BCUT2D eigenvalue weighted by molar-refractivity contribution is 7.26. The summed E-state index contributed by atoms with van der Waals surface area (Å²) in [5.74, 6) is 0. The lowest BCUT2D eigenvalue weighted by atomic mass is 9.73. The van der Waals surface area contributed by atoms with Crippen LogP contribution in [-0.2, 0) is 5.41 Å². The minimum absolute atomic E-state index is 0.161. The summed E-state index contributed by atoms with van der Waals surface area (Å²) in [6.45, 7) is 4.58. The third-order valence-electron chi connectivity index (χ3n) is 9.27. The van der Waals surface area contributed by atoms with Crippen LogP contribution < -0.4 is 4.90 Å². The number of para-hydroxylation sites is 3. The van der Waals surface area contributed by atoms with Gasteiger partial charge in [-0.05, 0) is 41.5 Å². The predicted octanol–water partition coefficient (Wildman–Crippen LogP) is 10.5. The first-order chi connectivity index (χ1) is 21.6. The molecule has 0 spiro atoms. The molecule has 0 radical (unpaired) electrons. The molecule has 3 aromatic heterocycles. The van der Waals surface area contributed by atoms with Crippen molar-refractivity contribution < 1.29 is 0 Å². The second kappa shape index (κ2) is 9.03. The molecule has 1 aliphatic rings. The molecule has 9 rings (SSSR count). The number of pyridine rings is 1. The molecular weight excluding hydrogens is 557 g/mol. The summed E-state index contributed by atoms with van der Waals surface area (Å²) >= 11 is 1.81. The lowest BCUT2D eigenvalue weighted by molar-refractivity contribution is 0.632. The van der Waals surface area contributed by atoms with E-state index in [0.717, 1.165) is 39.2 Å². The molecule has 4 heterocycles. The van der Waals surface area contributed by atoms with E-state index in [0.29, 0.717) is 5.69 Å². The Kier molecular flexibility index (Phi) is 5.15. The molecule has 0 aliphatic carbocycles. The molecule has 0 unspecified atom stereocenters. The molecule has 0 fully saturated rings. The van der Waals surface area contributed by atoms with Gasteiger partial charge in [-0.1, -0.05) is 98.8 Å². The van der Waals surface area contributed by atoms with Gasteiger partial charge in [0.2, 0.25) is 0 Å². The van der Waals surface area contributed by atoms with Gasteiger partial charge >= 0.3 is 0 Å². The number of benzene rings is 5. The van der Waals surface area contributed by atoms with E-state index in [1.807, 2.05) is 17.5 Å². The second-order valence-electron chi connectivity index (χ2n) is 12.0. The minimum atomic E-state index is -0.161. The van der Waals surface area contributed by atoms with E-state index in [1.165, 1.54) is 36.7 Å². The Morgan fingerprint density at radius 1 is 0.682 bits per heavy atom. The average Bonchev–Trinajstić information content (AvgIpc) is 3.61. The lowest BCUT2D eigenvalue weighted by Crippen LogP contribution is -2.30. The Labute approximate surface area is 258 Å². The number of nitrogens with zero attached hydrogens (tertiary/aromatic N) is 4. The first-order valence-electron chi connectivity index (χ1n) is 14.8. The van der Waals surface area contributed by atoms with Crippen molar-refractivity contribution in [2.45, 2.75) is 19.3 Å². The molecule has 44 heavy (non-hydrogen) atoms. The Morgan fingerprint density at radius 3 is 2.07 bits per heavy atom. The molecule has 5 aromatic carbocycles. The first-order valence-corrected chi connectivity index (χ1v) is 15.6. The van der Waals surface area contributed by atoms with Crippen LogP contribution in [0.25, 0.3) is 47.7 Å². The summed E-state index contributed by atoms with van der Waals surface area (Å²) in [6.07, 6.45) is 1.84. The lowest BCUT2D eigenvalue weighted by Gasteiger charge is -2.41. The van der Waals surface area contributed by atoms with Crippen LogP contribution in [0.1, 0.15) is 30.7 Å². The SMILES string of the molecule is CC1(C)c2ccccc2N(c2cnc(C#N)c(-n3c4ccccc4c4ccc5c6ccccc6sc5c43)c2)c2ccccc21. The fraction of sp³-hybridized carbons (Fsp3) is 0.0769. The normalized spacial score (nSPS) is 13.8. The maximum atomic E-state index is 10.4. The molecule has 0 N–H and O–H groups in total. The van der Waals surface area contributed by atoms with Gasteiger partial charge in [-0.25, -0.2) is 4.98 Å². The van der Waals surface area contributed by atoms with Crippen LogP contribution in [0, 0.1) is 11.3 Å². The molecule has 5 heteroatoms. The van der Waals surface area contributed by atoms with E-state index in [1.54, 1.807) is 0 Å². The highest BCUT2D eigenvalue weighted by Gasteiger charge is 2.36. The molecule has 0 saturated heterocycles. The van der Waals surface area contributed by atoms with Crippen molar-refractivity contribution in [3.8, 4) is 11.8 Å². The van der Waals surface area contributed by atoms with Crippen molar-refractivity contribution in [2.75, 3.05) is 4.90 Å². The summed E-state index contributed by atoms with van der Waals surface area (Å²) < 4.78 is 4.73. The average molecular weight is 583 g/mol. The number of hydrogen-bond donors (Lipinski definition) is 0. The van der Waals surface area contributed by atoms with Gasteiger partial charge in [0.1, 0.15) is 6.07 Å². The van der Waals surface area contributed by atoms with Crippen LogP contribution in [0.15, 0.2) is 121 Å². The summed E-state index contributed by atoms with van der Waals surface area (Å²) in [4.78, 5) is 7.13. The topological polar surface area (TPSA) is 44.9 Å². The van der Waals surface area contributed by atoms with E-state index in [4.69, 9.17) is 4.98 Å². The van der Waals surface area contributed by atoms with Gasteiger partial charge in [-0.2, -0.15) is 5.26 Å². The monoisotopic (exact) mass is 582 g/mol. The van der Waals surface area contributed by atoms with Crippen LogP contribution in [0.5, 0.6) is 0 Å². The Hall–Kier alpha value is -5.44. The second-order valence-corrected chi connectivity index (χ2v) is 13.0. The summed E-state index contributed by atoms with van der Waals surface area (Å²) in [6, 6.07) is 43.4. The molecule has 8 aromatic rings. The van der Waals surface area contributed by atoms with Crippen LogP contribution in [0.2, 0.25) is 0 Å². The number of hydrogen-bond acceptors (Lipinski definition) is 4. The Morgan fingerprint density at radius 2 is 1.32 bits per heavy atom. The van der Waals surface area contributed by atoms with Crippen LogP contribution in [0.3, 0.4) is 0 Å². The molecule has 0 amide bonds. The molecule has 4 nitrogen and oxygen atoms in total. The fourth-order valence-electron chi connectivity index (χ4n) is 7.25. The maximum absolute atomic E-state index is 10.4. The first kappa shape index (κ1) is 25.1. The number of thiophene rings is 1. The number of fused-ring (bicyclic) bond motifs is 9. The van der Waals surface area contributed by atoms with E-state index in [2.05, 4.69) is 145 Å². The molecule has 208 valence electrons. The third kappa shape index (κ3) is 3.29. The highest BCUT2D eigenvalue weighted by Crippen LogP contribution is 2.52. The molecule has 1 aliphatic heterocycles. The summed E-state index contributed by atoms with van der Waals surface area (Å²) in [5, 5.41) is 15.2. The largest absolute Gasteiger partial charge is 0.308 e. The van der Waals surface area contributed by atoms with E-state index in [9.17, 15) is 5.26 Å². The number of nitriles is 1. The van der Waals surface area contributed by atoms with Crippen molar-refractivity contribution >= 4 is 70.4 Å². The Balaban J connectivity index is 1.39. The van der Waals surface area contributed by atoms with E-state index in [-0.39, 0.29) is 5.41 Å². The van der Waals surface area contributed by atoms with Gasteiger partial charge in [0.15, 0.2) is 5.69 Å². The summed E-state index contributed by atoms with van der Waals surface area (Å²) in [5.41, 5.74) is 8.88. The van der Waals surface area contributed by atoms with Gasteiger partial charge < -0.3 is 9.47 Å². The standard InChI is InChI=1S/C39H26N4S/c1-39(2)29-13-5-8-16-33(29)42(34-17-9-6-14-30(34)39)24-21-35(31(22-40)41-23-24)43-32-15-7-3-11-25(32)27-19-20-28-26-12-4-10-18-36(26)44-38(28)37(27)43/h3-21,23H,1-2H3. The van der Waals surface area contributed by atoms with Crippen LogP contribution >= 0.6 is 11.3 Å². The van der Waals surface area contributed by atoms with Gasteiger partial charge in [0.25, 0.3) is 0 Å². The van der Waals surface area contributed by atoms with Crippen LogP contribution in [-0.4, -0.2) is 9.55 Å². The Bertz CT molecular complexity index is 2460. The van der Waals surface area contributed by atoms with Gasteiger partial charge in [-0.3, -0.25) is 0 Å². The quantitative estimate of drug-likeness (QED) is 0.204.